The minimum atomic E-state index is -0.988. The molecule has 0 aliphatic carbocycles. The standard InChI is InChI=1S/C11H14Cl2N2OS/c1-11(15,10(14)16)4-5-17-9-6-7(12)2-3-8(9)13/h2-3,6H,4-5,15H2,1H3,(H2,14,16). The third-order valence-electron chi connectivity index (χ3n) is 2.34. The topological polar surface area (TPSA) is 69.1 Å². The molecule has 0 saturated heterocycles. The van der Waals surface area contributed by atoms with Crippen LogP contribution >= 0.6 is 35.0 Å². The SMILES string of the molecule is CC(N)(CCSc1cc(Cl)ccc1Cl)C(N)=O. The van der Waals surface area contributed by atoms with Gasteiger partial charge in [-0.3, -0.25) is 4.79 Å². The highest BCUT2D eigenvalue weighted by Crippen LogP contribution is 2.30. The zero-order chi connectivity index (χ0) is 13.1. The summed E-state index contributed by atoms with van der Waals surface area (Å²) in [6, 6.07) is 5.25. The van der Waals surface area contributed by atoms with Crippen LogP contribution in [0.25, 0.3) is 0 Å². The fourth-order valence-corrected chi connectivity index (χ4v) is 2.76. The second-order valence-corrected chi connectivity index (χ2v) is 5.94. The Morgan fingerprint density at radius 2 is 2.12 bits per heavy atom. The molecule has 3 nitrogen and oxygen atoms in total. The number of thioether (sulfide) groups is 1. The molecule has 17 heavy (non-hydrogen) atoms. The predicted octanol–water partition coefficient (Wildman–Crippen LogP) is 2.68. The van der Waals surface area contributed by atoms with Crippen LogP contribution in [-0.2, 0) is 4.79 Å². The maximum absolute atomic E-state index is 11.0. The molecule has 1 aromatic rings. The Balaban J connectivity index is 2.57. The van der Waals surface area contributed by atoms with Crippen molar-refractivity contribution in [3.05, 3.63) is 28.2 Å². The highest BCUT2D eigenvalue weighted by Gasteiger charge is 2.24. The number of benzene rings is 1. The lowest BCUT2D eigenvalue weighted by molar-refractivity contribution is -0.122. The van der Waals surface area contributed by atoms with Crippen molar-refractivity contribution >= 4 is 40.9 Å². The lowest BCUT2D eigenvalue weighted by Crippen LogP contribution is -2.49. The molecule has 1 aromatic carbocycles. The molecule has 1 atom stereocenters. The van der Waals surface area contributed by atoms with Gasteiger partial charge in [0.1, 0.15) is 0 Å². The quantitative estimate of drug-likeness (QED) is 0.820. The fourth-order valence-electron chi connectivity index (χ4n) is 1.08. The molecule has 0 saturated carbocycles. The van der Waals surface area contributed by atoms with E-state index in [0.29, 0.717) is 22.2 Å². The largest absolute Gasteiger partial charge is 0.368 e. The molecule has 1 unspecified atom stereocenters. The molecule has 0 fully saturated rings. The summed E-state index contributed by atoms with van der Waals surface area (Å²) in [5, 5.41) is 1.26. The highest BCUT2D eigenvalue weighted by atomic mass is 35.5. The number of nitrogens with two attached hydrogens (primary N) is 2. The molecule has 0 radical (unpaired) electrons. The monoisotopic (exact) mass is 292 g/mol. The molecule has 0 heterocycles. The van der Waals surface area contributed by atoms with E-state index >= 15 is 0 Å². The van der Waals surface area contributed by atoms with Gasteiger partial charge in [-0.2, -0.15) is 0 Å². The number of primary amides is 1. The van der Waals surface area contributed by atoms with Crippen molar-refractivity contribution < 1.29 is 4.79 Å². The molecule has 4 N–H and O–H groups in total. The Morgan fingerprint density at radius 1 is 1.47 bits per heavy atom. The van der Waals surface area contributed by atoms with Gasteiger partial charge >= 0.3 is 0 Å². The second-order valence-electron chi connectivity index (χ2n) is 3.95. The minimum absolute atomic E-state index is 0.482. The third kappa shape index (κ3) is 4.39. The first kappa shape index (κ1) is 14.6. The van der Waals surface area contributed by atoms with E-state index in [2.05, 4.69) is 0 Å². The molecule has 0 bridgehead atoms. The van der Waals surface area contributed by atoms with Gasteiger partial charge in [0.2, 0.25) is 5.91 Å². The van der Waals surface area contributed by atoms with Crippen LogP contribution in [0.5, 0.6) is 0 Å². The second kappa shape index (κ2) is 5.96. The van der Waals surface area contributed by atoms with Crippen LogP contribution in [0.3, 0.4) is 0 Å². The fraction of sp³-hybridized carbons (Fsp3) is 0.364. The van der Waals surface area contributed by atoms with Crippen molar-refractivity contribution in [3.63, 3.8) is 0 Å². The van der Waals surface area contributed by atoms with Crippen molar-refractivity contribution in [3.8, 4) is 0 Å². The Kier molecular flexibility index (Phi) is 5.13. The maximum atomic E-state index is 11.0. The van der Waals surface area contributed by atoms with E-state index < -0.39 is 11.4 Å². The van der Waals surface area contributed by atoms with Crippen molar-refractivity contribution in [2.75, 3.05) is 5.75 Å². The van der Waals surface area contributed by atoms with E-state index in [0.717, 1.165) is 4.90 Å². The number of halogens is 2. The Hall–Kier alpha value is -0.420. The van der Waals surface area contributed by atoms with Crippen molar-refractivity contribution in [2.24, 2.45) is 11.5 Å². The van der Waals surface area contributed by atoms with Crippen molar-refractivity contribution in [2.45, 2.75) is 23.8 Å². The van der Waals surface area contributed by atoms with E-state index in [-0.39, 0.29) is 0 Å². The number of carbonyl (C=O) groups excluding carboxylic acids is 1. The van der Waals surface area contributed by atoms with Gasteiger partial charge in [-0.15, -0.1) is 11.8 Å². The van der Waals surface area contributed by atoms with E-state index in [1.54, 1.807) is 25.1 Å². The van der Waals surface area contributed by atoms with E-state index in [4.69, 9.17) is 34.7 Å². The number of rotatable bonds is 5. The van der Waals surface area contributed by atoms with Gasteiger partial charge in [0.05, 0.1) is 10.6 Å². The average molecular weight is 293 g/mol. The summed E-state index contributed by atoms with van der Waals surface area (Å²) < 4.78 is 0. The van der Waals surface area contributed by atoms with Gasteiger partial charge in [-0.1, -0.05) is 23.2 Å². The lowest BCUT2D eigenvalue weighted by atomic mass is 10.0. The maximum Gasteiger partial charge on any atom is 0.237 e. The number of hydrogen-bond acceptors (Lipinski definition) is 3. The molecule has 1 amide bonds. The molecule has 94 valence electrons. The summed E-state index contributed by atoms with van der Waals surface area (Å²) in [6.07, 6.45) is 0.482. The zero-order valence-corrected chi connectivity index (χ0v) is 11.7. The first-order valence-corrected chi connectivity index (χ1v) is 6.74. The summed E-state index contributed by atoms with van der Waals surface area (Å²) in [5.41, 5.74) is 9.94. The van der Waals surface area contributed by atoms with E-state index in [9.17, 15) is 4.79 Å². The van der Waals surface area contributed by atoms with E-state index in [1.165, 1.54) is 11.8 Å². The molecular weight excluding hydrogens is 279 g/mol. The van der Waals surface area contributed by atoms with Gasteiger partial charge in [0, 0.05) is 15.7 Å². The molecular formula is C11H14Cl2N2OS. The van der Waals surface area contributed by atoms with Gasteiger partial charge in [0.25, 0.3) is 0 Å². The van der Waals surface area contributed by atoms with Crippen LogP contribution in [0.15, 0.2) is 23.1 Å². The first-order valence-electron chi connectivity index (χ1n) is 4.99. The van der Waals surface area contributed by atoms with Gasteiger partial charge < -0.3 is 11.5 Å². The smallest absolute Gasteiger partial charge is 0.237 e. The average Bonchev–Trinajstić information content (AvgIpc) is 2.22. The van der Waals surface area contributed by atoms with Crippen LogP contribution in [0, 0.1) is 0 Å². The van der Waals surface area contributed by atoms with Crippen LogP contribution in [0.2, 0.25) is 10.0 Å². The first-order chi connectivity index (χ1) is 7.83. The number of hydrogen-bond donors (Lipinski definition) is 2. The molecule has 1 rings (SSSR count). The molecule has 6 heteroatoms. The predicted molar refractivity (Wildman–Crippen MR) is 73.6 cm³/mol. The molecule has 0 aromatic heterocycles. The number of amides is 1. The summed E-state index contributed by atoms with van der Waals surface area (Å²) in [6.45, 7) is 1.62. The molecule has 0 aliphatic rings. The van der Waals surface area contributed by atoms with Crippen molar-refractivity contribution in [1.82, 2.24) is 0 Å². The Labute approximate surface area is 115 Å². The van der Waals surface area contributed by atoms with Crippen LogP contribution < -0.4 is 11.5 Å². The highest BCUT2D eigenvalue weighted by molar-refractivity contribution is 7.99. The van der Waals surface area contributed by atoms with E-state index in [1.807, 2.05) is 0 Å². The zero-order valence-electron chi connectivity index (χ0n) is 9.37. The summed E-state index contributed by atoms with van der Waals surface area (Å²) in [5.74, 6) is 0.144. The lowest BCUT2D eigenvalue weighted by Gasteiger charge is -2.19. The Bertz CT molecular complexity index is 424. The van der Waals surface area contributed by atoms with Crippen molar-refractivity contribution in [1.29, 1.82) is 0 Å². The summed E-state index contributed by atoms with van der Waals surface area (Å²) >= 11 is 13.4. The summed E-state index contributed by atoms with van der Waals surface area (Å²) in [7, 11) is 0. The Morgan fingerprint density at radius 3 is 2.71 bits per heavy atom. The summed E-state index contributed by atoms with van der Waals surface area (Å²) in [4.78, 5) is 11.9. The van der Waals surface area contributed by atoms with Crippen LogP contribution in [0.4, 0.5) is 0 Å². The van der Waals surface area contributed by atoms with Gasteiger partial charge in [-0.25, -0.2) is 0 Å². The van der Waals surface area contributed by atoms with Gasteiger partial charge in [0.15, 0.2) is 0 Å². The number of carbonyl (C=O) groups is 1. The third-order valence-corrected chi connectivity index (χ3v) is 4.07. The van der Waals surface area contributed by atoms with Crippen LogP contribution in [0.1, 0.15) is 13.3 Å². The minimum Gasteiger partial charge on any atom is -0.368 e. The normalized spacial score (nSPS) is 14.4. The van der Waals surface area contributed by atoms with Crippen LogP contribution in [-0.4, -0.2) is 17.2 Å². The molecule has 0 spiro atoms. The van der Waals surface area contributed by atoms with Gasteiger partial charge in [-0.05, 0) is 31.5 Å². The molecule has 0 aliphatic heterocycles.